The number of rotatable bonds is 12. The van der Waals surface area contributed by atoms with Gasteiger partial charge >= 0.3 is 0 Å². The zero-order valence-electron chi connectivity index (χ0n) is 26.9. The van der Waals surface area contributed by atoms with Crippen LogP contribution in [0.15, 0.2) is 48.6 Å². The summed E-state index contributed by atoms with van der Waals surface area (Å²) in [6.07, 6.45) is 11.6. The average Bonchev–Trinajstić information content (AvgIpc) is 3.31. The van der Waals surface area contributed by atoms with Gasteiger partial charge in [0.1, 0.15) is 17.4 Å². The maximum absolute atomic E-state index is 14.8. The Kier molecular flexibility index (Phi) is 9.56. The van der Waals surface area contributed by atoms with Crippen molar-refractivity contribution in [3.05, 3.63) is 48.6 Å². The van der Waals surface area contributed by atoms with Crippen molar-refractivity contribution >= 4 is 23.4 Å². The van der Waals surface area contributed by atoms with Crippen molar-refractivity contribution < 1.29 is 29.0 Å². The van der Waals surface area contributed by atoms with E-state index in [1.54, 1.807) is 9.80 Å². The minimum absolute atomic E-state index is 0.174. The number of carbonyl (C=O) groups excluding carboxylic acids is 3. The van der Waals surface area contributed by atoms with Gasteiger partial charge in [0.2, 0.25) is 17.7 Å². The van der Waals surface area contributed by atoms with Crippen molar-refractivity contribution in [3.63, 3.8) is 0 Å². The number of carbonyl (C=O) groups is 3. The molecule has 1 spiro atoms. The van der Waals surface area contributed by atoms with Crippen LogP contribution in [0.1, 0.15) is 66.7 Å². The third-order valence-electron chi connectivity index (χ3n) is 9.80. The molecule has 0 bridgehead atoms. The fraction of sp³-hybridized carbons (Fsp3) is 0.629. The highest BCUT2D eigenvalue weighted by molar-refractivity contribution is 6.04. The van der Waals surface area contributed by atoms with E-state index in [1.165, 1.54) is 0 Å². The van der Waals surface area contributed by atoms with Gasteiger partial charge in [-0.15, -0.1) is 0 Å². The number of aliphatic hydroxyl groups excluding tert-OH is 1. The molecule has 6 atom stereocenters. The molecule has 0 aliphatic carbocycles. The largest absolute Gasteiger partial charge is 0.494 e. The third-order valence-corrected chi connectivity index (χ3v) is 9.80. The summed E-state index contributed by atoms with van der Waals surface area (Å²) in [6.45, 7) is 11.7. The van der Waals surface area contributed by atoms with Gasteiger partial charge in [-0.3, -0.25) is 14.4 Å². The summed E-state index contributed by atoms with van der Waals surface area (Å²) in [5.74, 6) is -1.53. The van der Waals surface area contributed by atoms with Gasteiger partial charge in [-0.25, -0.2) is 0 Å². The van der Waals surface area contributed by atoms with E-state index in [9.17, 15) is 19.5 Å². The summed E-state index contributed by atoms with van der Waals surface area (Å²) in [7, 11) is 0. The van der Waals surface area contributed by atoms with Crippen LogP contribution < -0.4 is 9.64 Å². The standard InChI is InChI=1S/C35H49N3O6/c1-6-9-10-19-36-20-12-18-35-29(32(41)38(30(35)33(36)42)26(23-39)22-24(4)5)28-31(40)37(21-11-17-34(28,7-2)44-35)25-13-15-27(16-14-25)43-8-3/h11-18,24,26,28-30,39H,6-10,19-23H2,1-5H3/t26-,28+,29+,30?,34-,35+/m1/s1. The lowest BCUT2D eigenvalue weighted by Gasteiger charge is -2.41. The van der Waals surface area contributed by atoms with Gasteiger partial charge in [-0.2, -0.15) is 0 Å². The van der Waals surface area contributed by atoms with E-state index >= 15 is 0 Å². The zero-order chi connectivity index (χ0) is 31.6. The summed E-state index contributed by atoms with van der Waals surface area (Å²) < 4.78 is 12.7. The number of fused-ring (bicyclic) bond motifs is 2. The molecule has 240 valence electrons. The lowest BCUT2D eigenvalue weighted by molar-refractivity contribution is -0.156. The Labute approximate surface area is 261 Å². The molecule has 4 aliphatic heterocycles. The lowest BCUT2D eigenvalue weighted by Crippen LogP contribution is -2.59. The van der Waals surface area contributed by atoms with Crippen molar-refractivity contribution in [2.24, 2.45) is 17.8 Å². The first kappa shape index (κ1) is 32.2. The molecule has 0 aromatic heterocycles. The number of aliphatic hydroxyl groups is 1. The molecule has 0 radical (unpaired) electrons. The summed E-state index contributed by atoms with van der Waals surface area (Å²) in [5, 5.41) is 10.6. The lowest BCUT2D eigenvalue weighted by atomic mass is 9.73. The zero-order valence-corrected chi connectivity index (χ0v) is 26.9. The van der Waals surface area contributed by atoms with Gasteiger partial charge in [0.05, 0.1) is 36.7 Å². The second-order valence-corrected chi connectivity index (χ2v) is 13.0. The van der Waals surface area contributed by atoms with Crippen molar-refractivity contribution in [2.75, 3.05) is 37.7 Å². The molecule has 2 saturated heterocycles. The molecule has 5 rings (SSSR count). The third kappa shape index (κ3) is 5.36. The van der Waals surface area contributed by atoms with Crippen LogP contribution >= 0.6 is 0 Å². The second-order valence-electron chi connectivity index (χ2n) is 13.0. The Balaban J connectivity index is 1.61. The Morgan fingerprint density at radius 3 is 2.32 bits per heavy atom. The summed E-state index contributed by atoms with van der Waals surface area (Å²) in [6, 6.07) is 5.88. The number of ether oxygens (including phenoxy) is 2. The van der Waals surface area contributed by atoms with E-state index in [-0.39, 0.29) is 30.2 Å². The smallest absolute Gasteiger partial charge is 0.249 e. The minimum Gasteiger partial charge on any atom is -0.494 e. The minimum atomic E-state index is -1.33. The molecule has 1 N–H and O–H groups in total. The molecule has 4 aliphatic rings. The van der Waals surface area contributed by atoms with E-state index in [4.69, 9.17) is 9.47 Å². The molecule has 1 aromatic carbocycles. The Morgan fingerprint density at radius 2 is 1.68 bits per heavy atom. The monoisotopic (exact) mass is 607 g/mol. The molecule has 3 amide bonds. The first-order valence-corrected chi connectivity index (χ1v) is 16.5. The van der Waals surface area contributed by atoms with Gasteiger partial charge < -0.3 is 29.3 Å². The average molecular weight is 608 g/mol. The Morgan fingerprint density at radius 1 is 0.955 bits per heavy atom. The van der Waals surface area contributed by atoms with E-state index < -0.39 is 35.1 Å². The number of likely N-dealkylation sites (tertiary alicyclic amines) is 1. The number of benzene rings is 1. The Bertz CT molecular complexity index is 1280. The first-order chi connectivity index (χ1) is 21.2. The van der Waals surface area contributed by atoms with Crippen LogP contribution in [0.3, 0.4) is 0 Å². The molecule has 44 heavy (non-hydrogen) atoms. The fourth-order valence-corrected chi connectivity index (χ4v) is 7.83. The summed E-state index contributed by atoms with van der Waals surface area (Å²) in [5.41, 5.74) is -1.69. The fourth-order valence-electron chi connectivity index (χ4n) is 7.83. The van der Waals surface area contributed by atoms with Gasteiger partial charge in [0.15, 0.2) is 0 Å². The summed E-state index contributed by atoms with van der Waals surface area (Å²) >= 11 is 0. The number of nitrogens with zero attached hydrogens (tertiary/aromatic N) is 3. The van der Waals surface area contributed by atoms with Crippen LogP contribution in [0, 0.1) is 17.8 Å². The first-order valence-electron chi connectivity index (χ1n) is 16.5. The molecule has 9 nitrogen and oxygen atoms in total. The van der Waals surface area contributed by atoms with Crippen molar-refractivity contribution in [1.29, 1.82) is 0 Å². The second kappa shape index (κ2) is 13.1. The molecule has 0 saturated carbocycles. The van der Waals surface area contributed by atoms with Gasteiger partial charge in [0, 0.05) is 25.3 Å². The number of hydrogen-bond acceptors (Lipinski definition) is 6. The molecule has 2 fully saturated rings. The van der Waals surface area contributed by atoms with E-state index in [0.717, 1.165) is 25.0 Å². The van der Waals surface area contributed by atoms with Crippen LogP contribution in [-0.2, 0) is 19.1 Å². The molecule has 4 heterocycles. The van der Waals surface area contributed by atoms with Crippen LogP contribution in [0.4, 0.5) is 5.69 Å². The molecular weight excluding hydrogens is 558 g/mol. The predicted molar refractivity (Wildman–Crippen MR) is 169 cm³/mol. The highest BCUT2D eigenvalue weighted by atomic mass is 16.5. The Hall–Kier alpha value is -3.17. The van der Waals surface area contributed by atoms with E-state index in [0.29, 0.717) is 44.8 Å². The molecule has 1 aromatic rings. The SMILES string of the molecule is CCCCCN1CC=C[C@]23O[C@]4(CC)C=CCN(c5ccc(OCC)cc5)C(=O)[C@@H]4[C@H]2C(=O)N([C@@H](CO)CC(C)C)C3C1=O. The van der Waals surface area contributed by atoms with Crippen LogP contribution in [-0.4, -0.2) is 88.8 Å². The molecule has 1 unspecified atom stereocenters. The van der Waals surface area contributed by atoms with E-state index in [2.05, 4.69) is 6.92 Å². The van der Waals surface area contributed by atoms with E-state index in [1.807, 2.05) is 81.2 Å². The maximum Gasteiger partial charge on any atom is 0.249 e. The van der Waals surface area contributed by atoms with Crippen LogP contribution in [0.5, 0.6) is 5.75 Å². The van der Waals surface area contributed by atoms with Crippen LogP contribution in [0.25, 0.3) is 0 Å². The molecule has 9 heteroatoms. The highest BCUT2D eigenvalue weighted by Gasteiger charge is 2.76. The number of unbranched alkanes of at least 4 members (excludes halogenated alkanes) is 2. The quantitative estimate of drug-likeness (QED) is 0.280. The van der Waals surface area contributed by atoms with Gasteiger partial charge in [0.25, 0.3) is 0 Å². The maximum atomic E-state index is 14.8. The van der Waals surface area contributed by atoms with Crippen LogP contribution in [0.2, 0.25) is 0 Å². The number of anilines is 1. The highest BCUT2D eigenvalue weighted by Crippen LogP contribution is 2.59. The van der Waals surface area contributed by atoms with Gasteiger partial charge in [-0.1, -0.05) is 64.8 Å². The van der Waals surface area contributed by atoms with Gasteiger partial charge in [-0.05, 0) is 56.4 Å². The topological polar surface area (TPSA) is 99.6 Å². The normalized spacial score (nSPS) is 30.4. The number of hydrogen-bond donors (Lipinski definition) is 1. The van der Waals surface area contributed by atoms with Crippen molar-refractivity contribution in [1.82, 2.24) is 9.80 Å². The number of amides is 3. The van der Waals surface area contributed by atoms with Crippen molar-refractivity contribution in [2.45, 2.75) is 90.0 Å². The molecular formula is C35H49N3O6. The predicted octanol–water partition coefficient (Wildman–Crippen LogP) is 4.34. The van der Waals surface area contributed by atoms with Crippen molar-refractivity contribution in [3.8, 4) is 5.75 Å². The summed E-state index contributed by atoms with van der Waals surface area (Å²) in [4.78, 5) is 49.2.